The van der Waals surface area contributed by atoms with Crippen LogP contribution in [0, 0.1) is 5.92 Å². The van der Waals surface area contributed by atoms with Gasteiger partial charge in [-0.15, -0.1) is 0 Å². The number of carbonyl (C=O) groups is 2. The summed E-state index contributed by atoms with van der Waals surface area (Å²) in [4.78, 5) is 23.9. The third-order valence-electron chi connectivity index (χ3n) is 5.55. The summed E-state index contributed by atoms with van der Waals surface area (Å²) >= 11 is 0. The van der Waals surface area contributed by atoms with Crippen LogP contribution in [-0.4, -0.2) is 36.4 Å². The fraction of sp³-hybridized carbons (Fsp3) is 0.667. The first-order valence-corrected chi connectivity index (χ1v) is 13.6. The number of carboxylic acids is 1. The van der Waals surface area contributed by atoms with E-state index >= 15 is 0 Å². The summed E-state index contributed by atoms with van der Waals surface area (Å²) in [7, 11) is -2.00. The van der Waals surface area contributed by atoms with Gasteiger partial charge in [0.15, 0.2) is 14.1 Å². The van der Waals surface area contributed by atoms with Crippen LogP contribution in [0.5, 0.6) is 0 Å². The first kappa shape index (κ1) is 28.3. The molecule has 0 aliphatic heterocycles. The van der Waals surface area contributed by atoms with Gasteiger partial charge in [0.2, 0.25) is 0 Å². The summed E-state index contributed by atoms with van der Waals surface area (Å²) in [6.07, 6.45) is 6.73. The molecule has 0 aliphatic carbocycles. The SMILES string of the molecule is CC(C)=CCC/C(C)=C/CC(C(=O)O)/C(O)=C/C(=O)CC(C)O[Si](C)(C)C(C)(C)C. The molecule has 0 heterocycles. The average molecular weight is 439 g/mol. The highest BCUT2D eigenvalue weighted by atomic mass is 28.4. The zero-order chi connectivity index (χ0) is 23.7. The molecule has 0 fully saturated rings. The Balaban J connectivity index is 5.02. The second-order valence-corrected chi connectivity index (χ2v) is 14.7. The van der Waals surface area contributed by atoms with E-state index in [9.17, 15) is 19.8 Å². The Labute approximate surface area is 184 Å². The first-order valence-electron chi connectivity index (χ1n) is 10.7. The van der Waals surface area contributed by atoms with Crippen LogP contribution >= 0.6 is 0 Å². The minimum Gasteiger partial charge on any atom is -0.511 e. The maximum atomic E-state index is 12.4. The summed E-state index contributed by atoms with van der Waals surface area (Å²) < 4.78 is 6.17. The number of ketones is 1. The molecule has 0 spiro atoms. The van der Waals surface area contributed by atoms with Crippen molar-refractivity contribution in [3.8, 4) is 0 Å². The Morgan fingerprint density at radius 2 is 1.63 bits per heavy atom. The molecule has 2 N–H and O–H groups in total. The maximum absolute atomic E-state index is 12.4. The summed E-state index contributed by atoms with van der Waals surface area (Å²) in [6, 6.07) is 0. The fourth-order valence-corrected chi connectivity index (χ4v) is 4.13. The molecule has 0 bridgehead atoms. The number of hydrogen-bond acceptors (Lipinski definition) is 4. The van der Waals surface area contributed by atoms with Gasteiger partial charge in [-0.05, 0) is 65.1 Å². The van der Waals surface area contributed by atoms with E-state index in [4.69, 9.17) is 4.43 Å². The lowest BCUT2D eigenvalue weighted by atomic mass is 9.98. The molecule has 2 atom stereocenters. The van der Waals surface area contributed by atoms with Crippen molar-refractivity contribution in [2.75, 3.05) is 0 Å². The minimum atomic E-state index is -2.00. The normalized spacial score (nSPS) is 15.5. The lowest BCUT2D eigenvalue weighted by Gasteiger charge is -2.38. The van der Waals surface area contributed by atoms with Crippen LogP contribution < -0.4 is 0 Å². The van der Waals surface area contributed by atoms with E-state index in [-0.39, 0.29) is 29.8 Å². The number of hydrogen-bond donors (Lipinski definition) is 2. The monoisotopic (exact) mass is 438 g/mol. The second kappa shape index (κ2) is 12.3. The summed E-state index contributed by atoms with van der Waals surface area (Å²) in [5.41, 5.74) is 2.31. The van der Waals surface area contributed by atoms with Gasteiger partial charge in [-0.25, -0.2) is 0 Å². The number of carboxylic acid groups (broad SMARTS) is 1. The van der Waals surface area contributed by atoms with Crippen molar-refractivity contribution in [2.45, 2.75) is 98.4 Å². The number of rotatable bonds is 12. The molecule has 0 aliphatic rings. The summed E-state index contributed by atoms with van der Waals surface area (Å²) in [5, 5.41) is 19.8. The van der Waals surface area contributed by atoms with Crippen LogP contribution in [0.4, 0.5) is 0 Å². The molecule has 5 nitrogen and oxygen atoms in total. The van der Waals surface area contributed by atoms with Gasteiger partial charge >= 0.3 is 5.97 Å². The Bertz CT molecular complexity index is 676. The molecular formula is C24H42O5Si. The van der Waals surface area contributed by atoms with Crippen LogP contribution in [-0.2, 0) is 14.0 Å². The fourth-order valence-electron chi connectivity index (χ4n) is 2.69. The molecule has 0 radical (unpaired) electrons. The van der Waals surface area contributed by atoms with Crippen LogP contribution in [0.15, 0.2) is 35.1 Å². The van der Waals surface area contributed by atoms with Crippen molar-refractivity contribution in [1.29, 1.82) is 0 Å². The summed E-state index contributed by atoms with van der Waals surface area (Å²) in [6.45, 7) is 18.5. The van der Waals surface area contributed by atoms with Crippen molar-refractivity contribution in [2.24, 2.45) is 5.92 Å². The standard InChI is InChI=1S/C24H42O5Si/c1-17(2)11-10-12-18(3)13-14-21(23(27)28)22(26)16-20(25)15-19(4)29-30(8,9)24(5,6)7/h11,13,16,19,21,26H,10,12,14-15H2,1-9H3,(H,27,28)/b18-13+,22-16-. The van der Waals surface area contributed by atoms with Crippen molar-refractivity contribution in [3.05, 3.63) is 35.1 Å². The highest BCUT2D eigenvalue weighted by molar-refractivity contribution is 6.74. The maximum Gasteiger partial charge on any atom is 0.314 e. The predicted molar refractivity (Wildman–Crippen MR) is 126 cm³/mol. The van der Waals surface area contributed by atoms with Crippen molar-refractivity contribution < 1.29 is 24.2 Å². The number of aliphatic hydroxyl groups is 1. The molecule has 172 valence electrons. The van der Waals surface area contributed by atoms with Crippen molar-refractivity contribution in [3.63, 3.8) is 0 Å². The van der Waals surface area contributed by atoms with Gasteiger partial charge in [-0.2, -0.15) is 0 Å². The van der Waals surface area contributed by atoms with Gasteiger partial charge < -0.3 is 14.6 Å². The number of aliphatic hydroxyl groups excluding tert-OH is 1. The van der Waals surface area contributed by atoms with E-state index in [2.05, 4.69) is 39.9 Å². The topological polar surface area (TPSA) is 83.8 Å². The third-order valence-corrected chi connectivity index (χ3v) is 10.2. The Morgan fingerprint density at radius 1 is 1.07 bits per heavy atom. The molecule has 0 saturated heterocycles. The molecule has 0 aromatic carbocycles. The van der Waals surface area contributed by atoms with Crippen LogP contribution in [0.1, 0.15) is 74.1 Å². The largest absolute Gasteiger partial charge is 0.511 e. The quantitative estimate of drug-likeness (QED) is 0.156. The minimum absolute atomic E-state index is 0.0342. The lowest BCUT2D eigenvalue weighted by Crippen LogP contribution is -2.43. The van der Waals surface area contributed by atoms with E-state index in [1.165, 1.54) is 5.57 Å². The zero-order valence-corrected chi connectivity index (χ0v) is 21.3. The molecule has 0 aromatic rings. The van der Waals surface area contributed by atoms with Crippen molar-refractivity contribution in [1.82, 2.24) is 0 Å². The highest BCUT2D eigenvalue weighted by Crippen LogP contribution is 2.37. The number of carbonyl (C=O) groups excluding carboxylic acids is 1. The van der Waals surface area contributed by atoms with E-state index in [0.29, 0.717) is 0 Å². The molecule has 0 rings (SSSR count). The first-order chi connectivity index (χ1) is 13.6. The average Bonchev–Trinajstić information content (AvgIpc) is 2.52. The Hall–Kier alpha value is -1.66. The number of aliphatic carboxylic acids is 1. The van der Waals surface area contributed by atoms with Gasteiger partial charge in [0.05, 0.1) is 0 Å². The van der Waals surface area contributed by atoms with Gasteiger partial charge in [-0.3, -0.25) is 9.59 Å². The van der Waals surface area contributed by atoms with Crippen LogP contribution in [0.3, 0.4) is 0 Å². The highest BCUT2D eigenvalue weighted by Gasteiger charge is 2.38. The molecule has 0 saturated carbocycles. The Morgan fingerprint density at radius 3 is 2.10 bits per heavy atom. The van der Waals surface area contributed by atoms with Crippen LogP contribution in [0.25, 0.3) is 0 Å². The molecule has 30 heavy (non-hydrogen) atoms. The second-order valence-electron chi connectivity index (χ2n) is 9.93. The van der Waals surface area contributed by atoms with Gasteiger partial charge in [0.1, 0.15) is 11.7 Å². The van der Waals surface area contributed by atoms with Crippen LogP contribution in [0.2, 0.25) is 18.1 Å². The van der Waals surface area contributed by atoms with E-state index in [1.807, 2.05) is 33.8 Å². The van der Waals surface area contributed by atoms with Gasteiger partial charge in [0, 0.05) is 18.6 Å². The van der Waals surface area contributed by atoms with Crippen molar-refractivity contribution >= 4 is 20.1 Å². The number of allylic oxidation sites excluding steroid dienone is 5. The van der Waals surface area contributed by atoms with E-state index < -0.39 is 26.0 Å². The zero-order valence-electron chi connectivity index (χ0n) is 20.3. The lowest BCUT2D eigenvalue weighted by molar-refractivity contribution is -0.141. The molecule has 0 amide bonds. The summed E-state index contributed by atoms with van der Waals surface area (Å²) in [5.74, 6) is -2.99. The predicted octanol–water partition coefficient (Wildman–Crippen LogP) is 6.58. The van der Waals surface area contributed by atoms with E-state index in [1.54, 1.807) is 0 Å². The smallest absolute Gasteiger partial charge is 0.314 e. The van der Waals surface area contributed by atoms with Gasteiger partial charge in [0.25, 0.3) is 0 Å². The third kappa shape index (κ3) is 10.9. The molecule has 0 aromatic heterocycles. The van der Waals surface area contributed by atoms with Gasteiger partial charge in [-0.1, -0.05) is 44.1 Å². The molecule has 6 heteroatoms. The Kier molecular flexibility index (Phi) is 11.6. The molecular weight excluding hydrogens is 396 g/mol. The van der Waals surface area contributed by atoms with E-state index in [0.717, 1.165) is 24.5 Å². The molecule has 2 unspecified atom stereocenters.